The van der Waals surface area contributed by atoms with Crippen LogP contribution in [0.15, 0.2) is 69.7 Å². The van der Waals surface area contributed by atoms with E-state index in [1.807, 2.05) is 37.3 Å². The number of benzene rings is 2. The van der Waals surface area contributed by atoms with E-state index in [2.05, 4.69) is 15.0 Å². The lowest BCUT2D eigenvalue weighted by molar-refractivity contribution is 0.292. The van der Waals surface area contributed by atoms with E-state index >= 15 is 0 Å². The molecule has 3 rings (SSSR count). The van der Waals surface area contributed by atoms with Gasteiger partial charge in [0, 0.05) is 6.54 Å². The van der Waals surface area contributed by atoms with E-state index in [4.69, 9.17) is 12.2 Å². The van der Waals surface area contributed by atoms with Gasteiger partial charge < -0.3 is 4.90 Å². The van der Waals surface area contributed by atoms with Gasteiger partial charge in [-0.1, -0.05) is 30.3 Å². The van der Waals surface area contributed by atoms with E-state index in [-0.39, 0.29) is 4.90 Å². The van der Waals surface area contributed by atoms with Gasteiger partial charge in [0.2, 0.25) is 15.1 Å². The number of hydrogen-bond donors (Lipinski definition) is 1. The number of halogens is 1. The van der Waals surface area contributed by atoms with Gasteiger partial charge in [-0.2, -0.15) is 5.11 Å². The van der Waals surface area contributed by atoms with Crippen molar-refractivity contribution < 1.29 is 12.8 Å². The molecule has 27 heavy (non-hydrogen) atoms. The van der Waals surface area contributed by atoms with E-state index in [0.717, 1.165) is 17.7 Å². The molecule has 6 nitrogen and oxygen atoms in total. The summed E-state index contributed by atoms with van der Waals surface area (Å²) in [5, 5.41) is 8.46. The van der Waals surface area contributed by atoms with E-state index < -0.39 is 28.0 Å². The Bertz CT molecular complexity index is 934. The molecular formula is C18H19FN4O2S2. The molecule has 0 fully saturated rings. The summed E-state index contributed by atoms with van der Waals surface area (Å²) in [5.74, 6) is -0.498. The highest BCUT2D eigenvalue weighted by molar-refractivity contribution is 7.89. The highest BCUT2D eigenvalue weighted by Crippen LogP contribution is 2.21. The van der Waals surface area contributed by atoms with Crippen molar-refractivity contribution in [2.24, 2.45) is 10.2 Å². The van der Waals surface area contributed by atoms with Gasteiger partial charge in [0.25, 0.3) is 0 Å². The Morgan fingerprint density at radius 1 is 1.19 bits per heavy atom. The molecule has 1 aliphatic rings. The second kappa shape index (κ2) is 8.20. The minimum atomic E-state index is -3.87. The molecule has 1 aliphatic heterocycles. The van der Waals surface area contributed by atoms with E-state index in [0.29, 0.717) is 18.1 Å². The Morgan fingerprint density at radius 3 is 2.48 bits per heavy atom. The predicted octanol–water partition coefficient (Wildman–Crippen LogP) is 3.11. The van der Waals surface area contributed by atoms with Crippen LogP contribution in [0.3, 0.4) is 0 Å². The standard InChI is InChI=1S/C18H19FN4O2S2/c1-2-23-17(20-21-18(23)26)16(12-13-6-4-3-5-7-13)22-27(24,25)15-10-8-14(19)9-11-15/h3-11,16-17,22H,2,12H2,1H3. The smallest absolute Gasteiger partial charge is 0.240 e. The van der Waals surface area contributed by atoms with E-state index in [1.54, 1.807) is 4.90 Å². The molecule has 0 spiro atoms. The molecule has 0 amide bonds. The topological polar surface area (TPSA) is 74.1 Å². The fourth-order valence-corrected chi connectivity index (χ4v) is 4.44. The van der Waals surface area contributed by atoms with E-state index in [1.165, 1.54) is 12.1 Å². The van der Waals surface area contributed by atoms with Crippen LogP contribution < -0.4 is 4.72 Å². The summed E-state index contributed by atoms with van der Waals surface area (Å²) in [5.41, 5.74) is 0.952. The molecule has 9 heteroatoms. The number of thiocarbonyl (C=S) groups is 1. The summed E-state index contributed by atoms with van der Waals surface area (Å²) in [4.78, 5) is 1.76. The second-order valence-corrected chi connectivity index (χ2v) is 8.15. The third kappa shape index (κ3) is 4.55. The van der Waals surface area contributed by atoms with Gasteiger partial charge >= 0.3 is 0 Å². The zero-order valence-electron chi connectivity index (χ0n) is 14.6. The maximum absolute atomic E-state index is 13.1. The third-order valence-electron chi connectivity index (χ3n) is 4.26. The summed E-state index contributed by atoms with van der Waals surface area (Å²) in [6.45, 7) is 2.46. The molecule has 142 valence electrons. The zero-order chi connectivity index (χ0) is 19.4. The quantitative estimate of drug-likeness (QED) is 0.717. The molecule has 2 atom stereocenters. The highest BCUT2D eigenvalue weighted by Gasteiger charge is 2.35. The molecule has 0 radical (unpaired) electrons. The van der Waals surface area contributed by atoms with Crippen LogP contribution in [0, 0.1) is 5.82 Å². The Labute approximate surface area is 163 Å². The molecule has 0 aliphatic carbocycles. The minimum Gasteiger partial charge on any atom is -0.321 e. The molecule has 2 aromatic rings. The molecule has 1 N–H and O–H groups in total. The Balaban J connectivity index is 1.90. The zero-order valence-corrected chi connectivity index (χ0v) is 16.3. The SMILES string of the molecule is CCN1C(=S)N=NC1C(Cc1ccccc1)NS(=O)(=O)c1ccc(F)cc1. The van der Waals surface area contributed by atoms with Crippen LogP contribution in [0.4, 0.5) is 4.39 Å². The van der Waals surface area contributed by atoms with Crippen molar-refractivity contribution in [3.05, 3.63) is 66.0 Å². The molecule has 0 bridgehead atoms. The largest absolute Gasteiger partial charge is 0.321 e. The van der Waals surface area contributed by atoms with Crippen molar-refractivity contribution in [1.82, 2.24) is 9.62 Å². The number of azo groups is 1. The first-order valence-electron chi connectivity index (χ1n) is 8.44. The average molecular weight is 407 g/mol. The van der Waals surface area contributed by atoms with Crippen LogP contribution in [-0.2, 0) is 16.4 Å². The molecule has 2 unspecified atom stereocenters. The average Bonchev–Trinajstić information content (AvgIpc) is 3.03. The third-order valence-corrected chi connectivity index (χ3v) is 6.08. The molecule has 2 aromatic carbocycles. The predicted molar refractivity (Wildman–Crippen MR) is 104 cm³/mol. The van der Waals surface area contributed by atoms with Crippen LogP contribution in [-0.4, -0.2) is 37.2 Å². The maximum atomic E-state index is 13.1. The Morgan fingerprint density at radius 2 is 1.85 bits per heavy atom. The van der Waals surface area contributed by atoms with Crippen LogP contribution in [0.25, 0.3) is 0 Å². The first-order chi connectivity index (χ1) is 12.9. The first-order valence-corrected chi connectivity index (χ1v) is 10.3. The number of likely N-dealkylation sites (N-methyl/N-ethyl adjacent to an activating group) is 1. The van der Waals surface area contributed by atoms with Gasteiger partial charge in [-0.3, -0.25) is 0 Å². The molecule has 0 saturated heterocycles. The summed E-state index contributed by atoms with van der Waals surface area (Å²) in [6, 6.07) is 13.6. The molecule has 1 heterocycles. The van der Waals surface area contributed by atoms with Crippen molar-refractivity contribution in [3.63, 3.8) is 0 Å². The van der Waals surface area contributed by atoms with Crippen molar-refractivity contribution in [1.29, 1.82) is 0 Å². The van der Waals surface area contributed by atoms with Crippen molar-refractivity contribution >= 4 is 27.4 Å². The van der Waals surface area contributed by atoms with Crippen molar-refractivity contribution in [3.8, 4) is 0 Å². The monoisotopic (exact) mass is 406 g/mol. The fourth-order valence-electron chi connectivity index (χ4n) is 2.92. The summed E-state index contributed by atoms with van der Waals surface area (Å²) >= 11 is 5.20. The van der Waals surface area contributed by atoms with Crippen LogP contribution >= 0.6 is 12.2 Å². The normalized spacial score (nSPS) is 18.1. The number of rotatable bonds is 7. The van der Waals surface area contributed by atoms with Crippen LogP contribution in [0.5, 0.6) is 0 Å². The summed E-state index contributed by atoms with van der Waals surface area (Å²) in [7, 11) is -3.87. The van der Waals surface area contributed by atoms with Gasteiger partial charge in [0.15, 0.2) is 6.17 Å². The number of sulfonamides is 1. The van der Waals surface area contributed by atoms with Gasteiger partial charge in [-0.15, -0.1) is 5.11 Å². The number of nitrogens with zero attached hydrogens (tertiary/aromatic N) is 3. The van der Waals surface area contributed by atoms with Gasteiger partial charge in [-0.05, 0) is 55.4 Å². The van der Waals surface area contributed by atoms with Gasteiger partial charge in [-0.25, -0.2) is 17.5 Å². The van der Waals surface area contributed by atoms with Gasteiger partial charge in [0.1, 0.15) is 5.82 Å². The number of nitrogens with one attached hydrogen (secondary N) is 1. The Hall–Kier alpha value is -2.23. The van der Waals surface area contributed by atoms with Crippen LogP contribution in [0.2, 0.25) is 0 Å². The lowest BCUT2D eigenvalue weighted by atomic mass is 10.0. The lowest BCUT2D eigenvalue weighted by Gasteiger charge is -2.29. The van der Waals surface area contributed by atoms with Crippen LogP contribution in [0.1, 0.15) is 12.5 Å². The van der Waals surface area contributed by atoms with Crippen molar-refractivity contribution in [2.45, 2.75) is 30.4 Å². The fraction of sp³-hybridized carbons (Fsp3) is 0.278. The molecule has 0 saturated carbocycles. The lowest BCUT2D eigenvalue weighted by Crippen LogP contribution is -2.50. The Kier molecular flexibility index (Phi) is 5.93. The van der Waals surface area contributed by atoms with E-state index in [9.17, 15) is 12.8 Å². The minimum absolute atomic E-state index is 0.0116. The second-order valence-electron chi connectivity index (χ2n) is 6.07. The van der Waals surface area contributed by atoms with Gasteiger partial charge in [0.05, 0.1) is 10.9 Å². The summed E-state index contributed by atoms with van der Waals surface area (Å²) < 4.78 is 41.5. The number of hydrogen-bond acceptors (Lipinski definition) is 4. The summed E-state index contributed by atoms with van der Waals surface area (Å²) in [6.07, 6.45) is -0.137. The van der Waals surface area contributed by atoms with Crippen molar-refractivity contribution in [2.75, 3.05) is 6.54 Å². The maximum Gasteiger partial charge on any atom is 0.240 e. The first kappa shape index (κ1) is 19.5. The highest BCUT2D eigenvalue weighted by atomic mass is 32.2. The molecule has 0 aromatic heterocycles. The molecular weight excluding hydrogens is 387 g/mol.